The predicted octanol–water partition coefficient (Wildman–Crippen LogP) is 2.41. The summed E-state index contributed by atoms with van der Waals surface area (Å²) < 4.78 is 14.9. The molecule has 0 bridgehead atoms. The molecule has 5 heteroatoms. The zero-order valence-electron chi connectivity index (χ0n) is 10.5. The van der Waals surface area contributed by atoms with Gasteiger partial charge < -0.3 is 5.73 Å². The van der Waals surface area contributed by atoms with Crippen LogP contribution < -0.4 is 5.73 Å². The SMILES string of the molecule is Nc1cc(C2CC2)nn1C1(c2ccc(F)cn2)CC1. The monoisotopic (exact) mass is 258 g/mol. The van der Waals surface area contributed by atoms with Crippen molar-refractivity contribution in [2.45, 2.75) is 37.1 Å². The van der Waals surface area contributed by atoms with Crippen LogP contribution in [0.15, 0.2) is 24.4 Å². The molecule has 2 heterocycles. The van der Waals surface area contributed by atoms with Gasteiger partial charge in [-0.15, -0.1) is 0 Å². The van der Waals surface area contributed by atoms with E-state index in [0.717, 1.165) is 24.2 Å². The maximum absolute atomic E-state index is 13.0. The number of nitrogens with two attached hydrogens (primary N) is 1. The van der Waals surface area contributed by atoms with Crippen molar-refractivity contribution in [1.82, 2.24) is 14.8 Å². The normalized spacial score (nSPS) is 20.5. The summed E-state index contributed by atoms with van der Waals surface area (Å²) in [5.41, 5.74) is 7.80. The topological polar surface area (TPSA) is 56.7 Å². The van der Waals surface area contributed by atoms with Gasteiger partial charge in [0.05, 0.1) is 17.6 Å². The lowest BCUT2D eigenvalue weighted by Gasteiger charge is -2.17. The second kappa shape index (κ2) is 3.56. The summed E-state index contributed by atoms with van der Waals surface area (Å²) in [5.74, 6) is 0.956. The highest BCUT2D eigenvalue weighted by atomic mass is 19.1. The Kier molecular flexibility index (Phi) is 2.05. The third-order valence-corrected chi connectivity index (χ3v) is 4.08. The van der Waals surface area contributed by atoms with Gasteiger partial charge in [-0.05, 0) is 37.8 Å². The summed E-state index contributed by atoms with van der Waals surface area (Å²) >= 11 is 0. The Morgan fingerprint density at radius 1 is 1.32 bits per heavy atom. The van der Waals surface area contributed by atoms with Crippen LogP contribution in [0.3, 0.4) is 0 Å². The Morgan fingerprint density at radius 3 is 2.68 bits per heavy atom. The van der Waals surface area contributed by atoms with Crippen LogP contribution in [0, 0.1) is 5.82 Å². The van der Waals surface area contributed by atoms with E-state index in [2.05, 4.69) is 10.1 Å². The first-order chi connectivity index (χ1) is 9.19. The maximum Gasteiger partial charge on any atom is 0.141 e. The standard InChI is InChI=1S/C14H15FN4/c15-10-3-4-12(17-8-10)14(5-6-14)19-13(16)7-11(18-19)9-1-2-9/h3-4,7-9H,1-2,5-6,16H2. The summed E-state index contributed by atoms with van der Waals surface area (Å²) in [7, 11) is 0. The van der Waals surface area contributed by atoms with Crippen LogP contribution in [-0.4, -0.2) is 14.8 Å². The Hall–Kier alpha value is -1.91. The number of aromatic nitrogens is 3. The second-order valence-electron chi connectivity index (χ2n) is 5.57. The molecule has 0 aromatic carbocycles. The van der Waals surface area contributed by atoms with E-state index in [-0.39, 0.29) is 11.4 Å². The number of pyridine rings is 1. The van der Waals surface area contributed by atoms with Crippen molar-refractivity contribution in [1.29, 1.82) is 0 Å². The lowest BCUT2D eigenvalue weighted by molar-refractivity contribution is 0.494. The first-order valence-electron chi connectivity index (χ1n) is 6.67. The van der Waals surface area contributed by atoms with E-state index < -0.39 is 0 Å². The largest absolute Gasteiger partial charge is 0.384 e. The summed E-state index contributed by atoms with van der Waals surface area (Å²) in [5, 5.41) is 4.66. The molecule has 0 aliphatic heterocycles. The molecule has 2 aromatic rings. The molecule has 0 amide bonds. The molecule has 2 fully saturated rings. The van der Waals surface area contributed by atoms with E-state index in [1.165, 1.54) is 25.1 Å². The van der Waals surface area contributed by atoms with Crippen molar-refractivity contribution in [3.8, 4) is 0 Å². The van der Waals surface area contributed by atoms with Crippen LogP contribution in [-0.2, 0) is 5.54 Å². The summed E-state index contributed by atoms with van der Waals surface area (Å²) in [6.07, 6.45) is 5.59. The van der Waals surface area contributed by atoms with Gasteiger partial charge in [-0.3, -0.25) is 4.98 Å². The molecular weight excluding hydrogens is 243 g/mol. The molecule has 0 spiro atoms. The zero-order chi connectivity index (χ0) is 13.0. The molecule has 0 unspecified atom stereocenters. The predicted molar refractivity (Wildman–Crippen MR) is 69.1 cm³/mol. The average Bonchev–Trinajstić information content (AvgIpc) is 3.31. The second-order valence-corrected chi connectivity index (χ2v) is 5.57. The van der Waals surface area contributed by atoms with Gasteiger partial charge in [0, 0.05) is 12.0 Å². The molecule has 19 heavy (non-hydrogen) atoms. The first-order valence-corrected chi connectivity index (χ1v) is 6.67. The fourth-order valence-corrected chi connectivity index (χ4v) is 2.68. The third-order valence-electron chi connectivity index (χ3n) is 4.08. The van der Waals surface area contributed by atoms with Gasteiger partial charge in [0.25, 0.3) is 0 Å². The molecule has 4 nitrogen and oxygen atoms in total. The van der Waals surface area contributed by atoms with Crippen LogP contribution in [0.1, 0.15) is 43.0 Å². The highest BCUT2D eigenvalue weighted by Gasteiger charge is 2.50. The highest BCUT2D eigenvalue weighted by Crippen LogP contribution is 2.50. The molecule has 98 valence electrons. The molecule has 2 N–H and O–H groups in total. The molecule has 2 aliphatic carbocycles. The van der Waals surface area contributed by atoms with E-state index >= 15 is 0 Å². The smallest absolute Gasteiger partial charge is 0.141 e. The van der Waals surface area contributed by atoms with Crippen molar-refractivity contribution in [3.05, 3.63) is 41.6 Å². The third kappa shape index (κ3) is 1.64. The summed E-state index contributed by atoms with van der Waals surface area (Å²) in [6, 6.07) is 5.16. The Labute approximate surface area is 110 Å². The summed E-state index contributed by atoms with van der Waals surface area (Å²) in [4.78, 5) is 4.21. The minimum Gasteiger partial charge on any atom is -0.384 e. The van der Waals surface area contributed by atoms with Crippen LogP contribution >= 0.6 is 0 Å². The Balaban J connectivity index is 1.76. The molecule has 0 atom stereocenters. The molecule has 2 aromatic heterocycles. The van der Waals surface area contributed by atoms with Crippen molar-refractivity contribution < 1.29 is 4.39 Å². The van der Waals surface area contributed by atoms with E-state index in [0.29, 0.717) is 11.7 Å². The lowest BCUT2D eigenvalue weighted by atomic mass is 10.1. The lowest BCUT2D eigenvalue weighted by Crippen LogP contribution is -2.23. The van der Waals surface area contributed by atoms with Gasteiger partial charge in [-0.1, -0.05) is 0 Å². The fraction of sp³-hybridized carbons (Fsp3) is 0.429. The Bertz CT molecular complexity index is 623. The minimum atomic E-state index is -0.313. The molecule has 2 saturated carbocycles. The zero-order valence-corrected chi connectivity index (χ0v) is 10.5. The van der Waals surface area contributed by atoms with Gasteiger partial charge in [0.15, 0.2) is 0 Å². The quantitative estimate of drug-likeness (QED) is 0.919. The van der Waals surface area contributed by atoms with Crippen LogP contribution in [0.4, 0.5) is 10.2 Å². The maximum atomic E-state index is 13.0. The van der Waals surface area contributed by atoms with E-state index in [1.807, 2.05) is 10.7 Å². The van der Waals surface area contributed by atoms with Gasteiger partial charge in [-0.2, -0.15) is 5.10 Å². The van der Waals surface area contributed by atoms with Crippen LogP contribution in [0.25, 0.3) is 0 Å². The molecule has 2 aliphatic rings. The number of nitrogen functional groups attached to an aromatic ring is 1. The van der Waals surface area contributed by atoms with Crippen molar-refractivity contribution in [3.63, 3.8) is 0 Å². The number of halogens is 1. The van der Waals surface area contributed by atoms with Crippen LogP contribution in [0.2, 0.25) is 0 Å². The number of hydrogen-bond donors (Lipinski definition) is 1. The van der Waals surface area contributed by atoms with Crippen molar-refractivity contribution >= 4 is 5.82 Å². The molecular formula is C14H15FN4. The Morgan fingerprint density at radius 2 is 2.11 bits per heavy atom. The van der Waals surface area contributed by atoms with Crippen LogP contribution in [0.5, 0.6) is 0 Å². The van der Waals surface area contributed by atoms with E-state index in [1.54, 1.807) is 6.07 Å². The van der Waals surface area contributed by atoms with Gasteiger partial charge in [0.2, 0.25) is 0 Å². The van der Waals surface area contributed by atoms with E-state index in [4.69, 9.17) is 5.73 Å². The average molecular weight is 258 g/mol. The molecule has 0 saturated heterocycles. The van der Waals surface area contributed by atoms with Crippen molar-refractivity contribution in [2.75, 3.05) is 5.73 Å². The molecule has 4 rings (SSSR count). The van der Waals surface area contributed by atoms with E-state index in [9.17, 15) is 4.39 Å². The fourth-order valence-electron chi connectivity index (χ4n) is 2.68. The number of nitrogens with zero attached hydrogens (tertiary/aromatic N) is 3. The first kappa shape index (κ1) is 11.0. The number of hydrogen-bond acceptors (Lipinski definition) is 3. The van der Waals surface area contributed by atoms with Gasteiger partial charge in [-0.25, -0.2) is 9.07 Å². The molecule has 0 radical (unpaired) electrons. The minimum absolute atomic E-state index is 0.245. The van der Waals surface area contributed by atoms with Gasteiger partial charge in [0.1, 0.15) is 17.2 Å². The number of anilines is 1. The van der Waals surface area contributed by atoms with Crippen molar-refractivity contribution in [2.24, 2.45) is 0 Å². The van der Waals surface area contributed by atoms with Gasteiger partial charge >= 0.3 is 0 Å². The number of rotatable bonds is 3. The highest BCUT2D eigenvalue weighted by molar-refractivity contribution is 5.39. The summed E-state index contributed by atoms with van der Waals surface area (Å²) in [6.45, 7) is 0.